The van der Waals surface area contributed by atoms with E-state index < -0.39 is 5.54 Å². The smallest absolute Gasteiger partial charge is 0.244 e. The van der Waals surface area contributed by atoms with Crippen LogP contribution in [0, 0.1) is 0 Å². The first-order valence-corrected chi connectivity index (χ1v) is 7.09. The van der Waals surface area contributed by atoms with Crippen molar-refractivity contribution < 1.29 is 4.79 Å². The van der Waals surface area contributed by atoms with Gasteiger partial charge >= 0.3 is 0 Å². The van der Waals surface area contributed by atoms with Gasteiger partial charge in [0.2, 0.25) is 5.91 Å². The van der Waals surface area contributed by atoms with Crippen LogP contribution in [0.2, 0.25) is 0 Å². The standard InChI is InChI=1S/C16H22N4O.ClH/c1-4-14-12(11-20(3)19-14)10-18-15(21)16(2,17)13-8-6-5-7-9-13;/h5-9,11H,4,10,17H2,1-3H3,(H,18,21);1H. The second kappa shape index (κ2) is 7.42. The lowest BCUT2D eigenvalue weighted by Gasteiger charge is -2.24. The lowest BCUT2D eigenvalue weighted by Crippen LogP contribution is -2.48. The molecule has 1 heterocycles. The molecule has 5 nitrogen and oxygen atoms in total. The number of rotatable bonds is 5. The SMILES string of the molecule is CCc1nn(C)cc1CNC(=O)C(C)(N)c1ccccc1.Cl. The number of amides is 1. The molecular formula is C16H23ClN4O. The zero-order chi connectivity index (χ0) is 15.5. The van der Waals surface area contributed by atoms with Crippen LogP contribution in [0.15, 0.2) is 36.5 Å². The third-order valence-electron chi connectivity index (χ3n) is 3.61. The van der Waals surface area contributed by atoms with Crippen LogP contribution in [0.25, 0.3) is 0 Å². The van der Waals surface area contributed by atoms with Crippen molar-refractivity contribution in [1.82, 2.24) is 15.1 Å². The van der Waals surface area contributed by atoms with Crippen LogP contribution in [-0.2, 0) is 30.3 Å². The monoisotopic (exact) mass is 322 g/mol. The van der Waals surface area contributed by atoms with E-state index in [2.05, 4.69) is 10.4 Å². The molecule has 0 radical (unpaired) electrons. The van der Waals surface area contributed by atoms with E-state index in [1.807, 2.05) is 50.5 Å². The van der Waals surface area contributed by atoms with Gasteiger partial charge in [0.25, 0.3) is 0 Å². The maximum Gasteiger partial charge on any atom is 0.244 e. The highest BCUT2D eigenvalue weighted by molar-refractivity contribution is 5.87. The van der Waals surface area contributed by atoms with Gasteiger partial charge in [0.05, 0.1) is 5.69 Å². The topological polar surface area (TPSA) is 72.9 Å². The fraction of sp³-hybridized carbons (Fsp3) is 0.375. The van der Waals surface area contributed by atoms with Crippen molar-refractivity contribution in [3.05, 3.63) is 53.3 Å². The number of halogens is 1. The molecule has 0 aliphatic heterocycles. The average Bonchev–Trinajstić information content (AvgIpc) is 2.85. The Morgan fingerprint density at radius 2 is 2.00 bits per heavy atom. The zero-order valence-corrected chi connectivity index (χ0v) is 14.0. The summed E-state index contributed by atoms with van der Waals surface area (Å²) in [5.74, 6) is -0.195. The average molecular weight is 323 g/mol. The summed E-state index contributed by atoms with van der Waals surface area (Å²) in [5, 5.41) is 7.27. The second-order valence-corrected chi connectivity index (χ2v) is 5.38. The Labute approximate surface area is 137 Å². The molecule has 0 aliphatic rings. The van der Waals surface area contributed by atoms with Gasteiger partial charge in [-0.05, 0) is 18.9 Å². The molecule has 0 saturated carbocycles. The summed E-state index contributed by atoms with van der Waals surface area (Å²) in [6, 6.07) is 9.39. The van der Waals surface area contributed by atoms with Gasteiger partial charge in [-0.2, -0.15) is 5.10 Å². The molecule has 6 heteroatoms. The molecular weight excluding hydrogens is 300 g/mol. The summed E-state index contributed by atoms with van der Waals surface area (Å²) in [6.07, 6.45) is 2.76. The van der Waals surface area contributed by atoms with Gasteiger partial charge in [0.1, 0.15) is 5.54 Å². The summed E-state index contributed by atoms with van der Waals surface area (Å²) in [7, 11) is 1.88. The summed E-state index contributed by atoms with van der Waals surface area (Å²) in [4.78, 5) is 12.4. The number of aromatic nitrogens is 2. The first kappa shape index (κ1) is 18.2. The minimum atomic E-state index is -1.05. The van der Waals surface area contributed by atoms with Crippen LogP contribution < -0.4 is 11.1 Å². The van der Waals surface area contributed by atoms with E-state index in [-0.39, 0.29) is 18.3 Å². The second-order valence-electron chi connectivity index (χ2n) is 5.38. The molecule has 2 aromatic rings. The first-order valence-electron chi connectivity index (χ1n) is 7.09. The Morgan fingerprint density at radius 3 is 2.59 bits per heavy atom. The Morgan fingerprint density at radius 1 is 1.36 bits per heavy atom. The molecule has 1 unspecified atom stereocenters. The van der Waals surface area contributed by atoms with Gasteiger partial charge in [-0.25, -0.2) is 0 Å². The van der Waals surface area contributed by atoms with Crippen molar-refractivity contribution >= 4 is 18.3 Å². The largest absolute Gasteiger partial charge is 0.350 e. The van der Waals surface area contributed by atoms with E-state index in [0.29, 0.717) is 6.54 Å². The van der Waals surface area contributed by atoms with Crippen molar-refractivity contribution in [1.29, 1.82) is 0 Å². The summed E-state index contributed by atoms with van der Waals surface area (Å²) >= 11 is 0. The molecule has 0 fully saturated rings. The molecule has 1 atom stereocenters. The van der Waals surface area contributed by atoms with Crippen LogP contribution in [0.4, 0.5) is 0 Å². The number of nitrogens with two attached hydrogens (primary N) is 1. The molecule has 0 aliphatic carbocycles. The Bertz CT molecular complexity index is 622. The highest BCUT2D eigenvalue weighted by Crippen LogP contribution is 2.17. The normalized spacial score (nSPS) is 13.1. The van der Waals surface area contributed by atoms with Crippen molar-refractivity contribution in [2.45, 2.75) is 32.4 Å². The maximum absolute atomic E-state index is 12.4. The fourth-order valence-corrected chi connectivity index (χ4v) is 2.30. The third-order valence-corrected chi connectivity index (χ3v) is 3.61. The van der Waals surface area contributed by atoms with Crippen LogP contribution in [-0.4, -0.2) is 15.7 Å². The van der Waals surface area contributed by atoms with Crippen molar-refractivity contribution in [2.75, 3.05) is 0 Å². The highest BCUT2D eigenvalue weighted by Gasteiger charge is 2.30. The Hall–Kier alpha value is -1.85. The van der Waals surface area contributed by atoms with Crippen LogP contribution in [0.1, 0.15) is 30.7 Å². The summed E-state index contributed by atoms with van der Waals surface area (Å²) in [5.41, 5.74) is 7.96. The molecule has 0 spiro atoms. The highest BCUT2D eigenvalue weighted by atomic mass is 35.5. The lowest BCUT2D eigenvalue weighted by molar-refractivity contribution is -0.126. The lowest BCUT2D eigenvalue weighted by atomic mass is 9.92. The van der Waals surface area contributed by atoms with Gasteiger partial charge in [-0.3, -0.25) is 9.48 Å². The summed E-state index contributed by atoms with van der Waals surface area (Å²) < 4.78 is 1.76. The maximum atomic E-state index is 12.4. The van der Waals surface area contributed by atoms with E-state index in [9.17, 15) is 4.79 Å². The molecule has 1 aromatic carbocycles. The van der Waals surface area contributed by atoms with E-state index in [4.69, 9.17) is 5.73 Å². The molecule has 120 valence electrons. The van der Waals surface area contributed by atoms with Gasteiger partial charge in [0, 0.05) is 25.4 Å². The van der Waals surface area contributed by atoms with Crippen molar-refractivity contribution in [3.8, 4) is 0 Å². The predicted octanol–water partition coefficient (Wildman–Crippen LogP) is 1.89. The quantitative estimate of drug-likeness (QED) is 0.883. The summed E-state index contributed by atoms with van der Waals surface area (Å²) in [6.45, 7) is 4.21. The minimum absolute atomic E-state index is 0. The van der Waals surface area contributed by atoms with E-state index in [0.717, 1.165) is 23.2 Å². The molecule has 3 N–H and O–H groups in total. The van der Waals surface area contributed by atoms with Crippen LogP contribution in [0.3, 0.4) is 0 Å². The van der Waals surface area contributed by atoms with Gasteiger partial charge in [0.15, 0.2) is 0 Å². The number of benzene rings is 1. The number of carbonyl (C=O) groups is 1. The number of aryl methyl sites for hydroxylation is 2. The molecule has 0 bridgehead atoms. The van der Waals surface area contributed by atoms with E-state index >= 15 is 0 Å². The Balaban J connectivity index is 0.00000242. The number of nitrogens with zero attached hydrogens (tertiary/aromatic N) is 2. The molecule has 2 rings (SSSR count). The Kier molecular flexibility index (Phi) is 6.14. The van der Waals surface area contributed by atoms with E-state index in [1.165, 1.54) is 0 Å². The number of carbonyl (C=O) groups excluding carboxylic acids is 1. The first-order chi connectivity index (χ1) is 9.95. The van der Waals surface area contributed by atoms with Crippen molar-refractivity contribution in [2.24, 2.45) is 12.8 Å². The van der Waals surface area contributed by atoms with Crippen LogP contribution in [0.5, 0.6) is 0 Å². The predicted molar refractivity (Wildman–Crippen MR) is 89.7 cm³/mol. The number of hydrogen-bond donors (Lipinski definition) is 2. The molecule has 0 saturated heterocycles. The van der Waals surface area contributed by atoms with E-state index in [1.54, 1.807) is 11.6 Å². The molecule has 1 amide bonds. The minimum Gasteiger partial charge on any atom is -0.350 e. The number of hydrogen-bond acceptors (Lipinski definition) is 3. The molecule has 1 aromatic heterocycles. The van der Waals surface area contributed by atoms with Crippen LogP contribution >= 0.6 is 12.4 Å². The molecule has 22 heavy (non-hydrogen) atoms. The van der Waals surface area contributed by atoms with Crippen molar-refractivity contribution in [3.63, 3.8) is 0 Å². The van der Waals surface area contributed by atoms with Gasteiger partial charge in [-0.15, -0.1) is 12.4 Å². The van der Waals surface area contributed by atoms with Gasteiger partial charge in [-0.1, -0.05) is 37.3 Å². The van der Waals surface area contributed by atoms with Gasteiger partial charge < -0.3 is 11.1 Å². The third kappa shape index (κ3) is 3.87. The zero-order valence-electron chi connectivity index (χ0n) is 13.2. The number of nitrogens with one attached hydrogen (secondary N) is 1. The fourth-order valence-electron chi connectivity index (χ4n) is 2.30.